The third-order valence-electron chi connectivity index (χ3n) is 4.26. The summed E-state index contributed by atoms with van der Waals surface area (Å²) in [6.45, 7) is 2.39. The Morgan fingerprint density at radius 1 is 1.52 bits per heavy atom. The van der Waals surface area contributed by atoms with Gasteiger partial charge in [0.25, 0.3) is 0 Å². The van der Waals surface area contributed by atoms with Gasteiger partial charge < -0.3 is 15.7 Å². The highest BCUT2D eigenvalue weighted by molar-refractivity contribution is 6.30. The second-order valence-electron chi connectivity index (χ2n) is 5.65. The number of amides is 1. The summed E-state index contributed by atoms with van der Waals surface area (Å²) in [6, 6.07) is 7.48. The van der Waals surface area contributed by atoms with Crippen LogP contribution in [0.5, 0.6) is 0 Å². The summed E-state index contributed by atoms with van der Waals surface area (Å²) in [4.78, 5) is 10.3. The molecule has 1 aliphatic heterocycles. The van der Waals surface area contributed by atoms with Crippen LogP contribution in [0.25, 0.3) is 0 Å². The topological polar surface area (TPSA) is 61.4 Å². The molecule has 3 N–H and O–H groups in total. The first-order valence-corrected chi connectivity index (χ1v) is 7.91. The van der Waals surface area contributed by atoms with E-state index in [9.17, 15) is 9.90 Å². The molecular weight excluding hydrogens is 288 g/mol. The van der Waals surface area contributed by atoms with Crippen molar-refractivity contribution in [2.24, 2.45) is 5.92 Å². The van der Waals surface area contributed by atoms with Crippen LogP contribution in [0.3, 0.4) is 0 Å². The summed E-state index contributed by atoms with van der Waals surface area (Å²) in [5.74, 6) is 0.168. The quantitative estimate of drug-likeness (QED) is 0.533. The molecule has 0 radical (unpaired) electrons. The van der Waals surface area contributed by atoms with Crippen LogP contribution in [-0.2, 0) is 10.4 Å². The minimum Gasteiger partial charge on any atom is -0.385 e. The van der Waals surface area contributed by atoms with Gasteiger partial charge in [0.1, 0.15) is 0 Å². The number of piperidine rings is 1. The standard InChI is InChI=1S/C16H23ClN2O2/c17-15-6-1-4-13(10-15)16(21,7-3-9-19-12-20)14-5-2-8-18-11-14/h1,4,6,10,12,14,18,21H,2-3,5,7-9,11H2,(H,19,20). The van der Waals surface area contributed by atoms with Crippen molar-refractivity contribution in [2.75, 3.05) is 19.6 Å². The molecule has 21 heavy (non-hydrogen) atoms. The molecule has 1 aromatic rings. The van der Waals surface area contributed by atoms with Crippen LogP contribution in [0.4, 0.5) is 0 Å². The van der Waals surface area contributed by atoms with E-state index in [0.717, 1.165) is 37.9 Å². The lowest BCUT2D eigenvalue weighted by Crippen LogP contribution is -2.44. The highest BCUT2D eigenvalue weighted by Crippen LogP contribution is 2.38. The Hall–Kier alpha value is -1.10. The van der Waals surface area contributed by atoms with Crippen LogP contribution in [0.1, 0.15) is 31.2 Å². The molecule has 0 bridgehead atoms. The largest absolute Gasteiger partial charge is 0.385 e. The van der Waals surface area contributed by atoms with E-state index in [-0.39, 0.29) is 5.92 Å². The lowest BCUT2D eigenvalue weighted by Gasteiger charge is -2.39. The van der Waals surface area contributed by atoms with Crippen molar-refractivity contribution in [1.82, 2.24) is 10.6 Å². The van der Waals surface area contributed by atoms with Gasteiger partial charge in [0, 0.05) is 24.0 Å². The molecule has 0 spiro atoms. The Morgan fingerprint density at radius 3 is 3.05 bits per heavy atom. The second-order valence-corrected chi connectivity index (χ2v) is 6.09. The SMILES string of the molecule is O=CNCCCC(O)(c1cccc(Cl)c1)C1CCCNC1. The summed E-state index contributed by atoms with van der Waals surface area (Å²) < 4.78 is 0. The van der Waals surface area contributed by atoms with E-state index in [1.165, 1.54) is 0 Å². The average Bonchev–Trinajstić information content (AvgIpc) is 2.52. The molecule has 1 saturated heterocycles. The van der Waals surface area contributed by atoms with Crippen LogP contribution >= 0.6 is 11.6 Å². The molecule has 1 amide bonds. The maximum absolute atomic E-state index is 11.3. The first-order valence-electron chi connectivity index (χ1n) is 7.53. The number of halogens is 1. The molecule has 0 aromatic heterocycles. The molecular formula is C16H23ClN2O2. The Morgan fingerprint density at radius 2 is 2.38 bits per heavy atom. The monoisotopic (exact) mass is 310 g/mol. The van der Waals surface area contributed by atoms with E-state index >= 15 is 0 Å². The van der Waals surface area contributed by atoms with Crippen molar-refractivity contribution in [3.05, 3.63) is 34.9 Å². The molecule has 5 heteroatoms. The normalized spacial score (nSPS) is 21.5. The predicted molar refractivity (Wildman–Crippen MR) is 84.2 cm³/mol. The molecule has 116 valence electrons. The van der Waals surface area contributed by atoms with Gasteiger partial charge in [-0.1, -0.05) is 23.7 Å². The summed E-state index contributed by atoms with van der Waals surface area (Å²) in [5.41, 5.74) is -0.0297. The van der Waals surface area contributed by atoms with Crippen molar-refractivity contribution < 1.29 is 9.90 Å². The Balaban J connectivity index is 2.17. The first-order chi connectivity index (χ1) is 10.2. The number of carbonyl (C=O) groups is 1. The van der Waals surface area contributed by atoms with Gasteiger partial charge in [-0.25, -0.2) is 0 Å². The van der Waals surface area contributed by atoms with Gasteiger partial charge in [0.2, 0.25) is 6.41 Å². The number of hydrogen-bond acceptors (Lipinski definition) is 3. The zero-order valence-electron chi connectivity index (χ0n) is 12.1. The van der Waals surface area contributed by atoms with Crippen LogP contribution in [0.15, 0.2) is 24.3 Å². The number of nitrogens with one attached hydrogen (secondary N) is 2. The minimum atomic E-state index is -0.900. The molecule has 1 fully saturated rings. The molecule has 4 nitrogen and oxygen atoms in total. The number of carbonyl (C=O) groups excluding carboxylic acids is 1. The molecule has 2 unspecified atom stereocenters. The van der Waals surface area contributed by atoms with Crippen LogP contribution < -0.4 is 10.6 Å². The van der Waals surface area contributed by atoms with Gasteiger partial charge >= 0.3 is 0 Å². The lowest BCUT2D eigenvalue weighted by molar-refractivity contribution is -0.109. The van der Waals surface area contributed by atoms with Crippen molar-refractivity contribution >= 4 is 18.0 Å². The third kappa shape index (κ3) is 4.19. The van der Waals surface area contributed by atoms with Gasteiger partial charge in [-0.05, 0) is 49.9 Å². The van der Waals surface area contributed by atoms with Crippen LogP contribution in [-0.4, -0.2) is 31.2 Å². The van der Waals surface area contributed by atoms with Gasteiger partial charge in [-0.2, -0.15) is 0 Å². The Labute approximate surface area is 130 Å². The zero-order valence-corrected chi connectivity index (χ0v) is 12.9. The van der Waals surface area contributed by atoms with Crippen molar-refractivity contribution in [1.29, 1.82) is 0 Å². The zero-order chi connectivity index (χ0) is 15.1. The molecule has 1 aliphatic rings. The highest BCUT2D eigenvalue weighted by Gasteiger charge is 2.38. The fourth-order valence-electron chi connectivity index (χ4n) is 3.12. The van der Waals surface area contributed by atoms with Gasteiger partial charge in [0.05, 0.1) is 5.60 Å². The van der Waals surface area contributed by atoms with Crippen LogP contribution in [0.2, 0.25) is 5.02 Å². The minimum absolute atomic E-state index is 0.168. The summed E-state index contributed by atoms with van der Waals surface area (Å²) in [5, 5.41) is 18.0. The fraction of sp³-hybridized carbons (Fsp3) is 0.562. The Kier molecular flexibility index (Phi) is 6.03. The van der Waals surface area contributed by atoms with E-state index in [4.69, 9.17) is 11.6 Å². The van der Waals surface area contributed by atoms with Gasteiger partial charge in [-0.3, -0.25) is 4.79 Å². The number of rotatable bonds is 7. The average molecular weight is 311 g/mol. The molecule has 0 saturated carbocycles. The van der Waals surface area contributed by atoms with Crippen molar-refractivity contribution in [3.8, 4) is 0 Å². The first kappa shape index (κ1) is 16.3. The summed E-state index contributed by atoms with van der Waals surface area (Å²) in [7, 11) is 0. The van der Waals surface area contributed by atoms with Crippen LogP contribution in [0, 0.1) is 5.92 Å². The van der Waals surface area contributed by atoms with E-state index in [2.05, 4.69) is 10.6 Å². The maximum Gasteiger partial charge on any atom is 0.207 e. The Bertz CT molecular complexity index is 463. The van der Waals surface area contributed by atoms with E-state index in [1.807, 2.05) is 24.3 Å². The van der Waals surface area contributed by atoms with Crippen molar-refractivity contribution in [2.45, 2.75) is 31.3 Å². The van der Waals surface area contributed by atoms with E-state index in [1.54, 1.807) is 0 Å². The van der Waals surface area contributed by atoms with E-state index < -0.39 is 5.60 Å². The lowest BCUT2D eigenvalue weighted by atomic mass is 9.74. The highest BCUT2D eigenvalue weighted by atomic mass is 35.5. The number of hydrogen-bond donors (Lipinski definition) is 3. The molecule has 0 aliphatic carbocycles. The smallest absolute Gasteiger partial charge is 0.207 e. The predicted octanol–water partition coefficient (Wildman–Crippen LogP) is 2.05. The second kappa shape index (κ2) is 7.78. The molecule has 2 rings (SSSR count). The van der Waals surface area contributed by atoms with E-state index in [0.29, 0.717) is 24.4 Å². The molecule has 1 aromatic carbocycles. The third-order valence-corrected chi connectivity index (χ3v) is 4.49. The maximum atomic E-state index is 11.3. The molecule has 2 atom stereocenters. The summed E-state index contributed by atoms with van der Waals surface area (Å²) in [6.07, 6.45) is 4.11. The van der Waals surface area contributed by atoms with Crippen molar-refractivity contribution in [3.63, 3.8) is 0 Å². The molecule has 1 heterocycles. The van der Waals surface area contributed by atoms with Gasteiger partial charge in [0.15, 0.2) is 0 Å². The number of benzene rings is 1. The summed E-state index contributed by atoms with van der Waals surface area (Å²) >= 11 is 6.09. The van der Waals surface area contributed by atoms with Gasteiger partial charge in [-0.15, -0.1) is 0 Å². The fourth-order valence-corrected chi connectivity index (χ4v) is 3.31. The number of aliphatic hydroxyl groups is 1.